The van der Waals surface area contributed by atoms with Gasteiger partial charge in [0, 0.05) is 23.1 Å². The molecular formula is C26H27BrClN3O4S. The fourth-order valence-corrected chi connectivity index (χ4v) is 5.45. The van der Waals surface area contributed by atoms with Crippen LogP contribution < -0.4 is 9.62 Å². The molecule has 0 saturated heterocycles. The van der Waals surface area contributed by atoms with Crippen LogP contribution in [0, 0.1) is 6.92 Å². The largest absolute Gasteiger partial charge is 0.357 e. The molecule has 3 aromatic rings. The summed E-state index contributed by atoms with van der Waals surface area (Å²) in [6.45, 7) is 2.97. The van der Waals surface area contributed by atoms with Crippen molar-refractivity contribution in [2.45, 2.75) is 31.3 Å². The van der Waals surface area contributed by atoms with Gasteiger partial charge < -0.3 is 10.2 Å². The first-order valence-electron chi connectivity index (χ1n) is 11.1. The lowest BCUT2D eigenvalue weighted by Crippen LogP contribution is -2.50. The first kappa shape index (κ1) is 27.7. The molecule has 1 atom stereocenters. The molecule has 0 spiro atoms. The average Bonchev–Trinajstić information content (AvgIpc) is 2.86. The molecule has 3 aromatic carbocycles. The minimum absolute atomic E-state index is 0.0336. The van der Waals surface area contributed by atoms with Crippen LogP contribution in [0.15, 0.2) is 82.2 Å². The third kappa shape index (κ3) is 6.46. The van der Waals surface area contributed by atoms with Crippen molar-refractivity contribution in [1.29, 1.82) is 0 Å². The van der Waals surface area contributed by atoms with Gasteiger partial charge in [-0.1, -0.05) is 63.4 Å². The SMILES string of the molecule is CNC(=O)[C@@H](C)N(Cc1ccccc1Cl)C(=O)CN(c1ccc(Br)cc1)S(=O)(=O)c1ccc(C)cc1. The van der Waals surface area contributed by atoms with Gasteiger partial charge in [-0.2, -0.15) is 0 Å². The number of carbonyl (C=O) groups is 2. The van der Waals surface area contributed by atoms with Crippen LogP contribution in [-0.2, 0) is 26.2 Å². The Labute approximate surface area is 225 Å². The normalized spacial score (nSPS) is 12.0. The molecule has 0 bridgehead atoms. The molecule has 0 aliphatic heterocycles. The van der Waals surface area contributed by atoms with E-state index >= 15 is 0 Å². The minimum atomic E-state index is -4.10. The van der Waals surface area contributed by atoms with Crippen molar-refractivity contribution in [2.75, 3.05) is 17.9 Å². The summed E-state index contributed by atoms with van der Waals surface area (Å²) in [5, 5.41) is 2.99. The summed E-state index contributed by atoms with van der Waals surface area (Å²) in [4.78, 5) is 27.6. The van der Waals surface area contributed by atoms with Crippen LogP contribution >= 0.6 is 27.5 Å². The zero-order chi connectivity index (χ0) is 26.5. The first-order valence-corrected chi connectivity index (χ1v) is 13.7. The first-order chi connectivity index (χ1) is 17.0. The molecule has 2 amide bonds. The van der Waals surface area contributed by atoms with E-state index < -0.39 is 28.5 Å². The van der Waals surface area contributed by atoms with Gasteiger partial charge in [-0.15, -0.1) is 0 Å². The number of sulfonamides is 1. The quantitative estimate of drug-likeness (QED) is 0.388. The molecule has 0 fully saturated rings. The summed E-state index contributed by atoms with van der Waals surface area (Å²) in [5.41, 5.74) is 1.86. The highest BCUT2D eigenvalue weighted by Crippen LogP contribution is 2.27. The second-order valence-electron chi connectivity index (χ2n) is 8.20. The van der Waals surface area contributed by atoms with Crippen molar-refractivity contribution in [3.05, 3.63) is 93.4 Å². The standard InChI is InChI=1S/C26H27BrClN3O4S/c1-18-8-14-23(15-9-18)36(34,35)31(22-12-10-21(27)11-13-22)17-25(32)30(19(2)26(33)29-3)16-20-6-4-5-7-24(20)28/h4-15,19H,16-17H2,1-3H3,(H,29,33)/t19-/m1/s1. The molecule has 0 saturated carbocycles. The summed E-state index contributed by atoms with van der Waals surface area (Å²) in [7, 11) is -2.62. The Morgan fingerprint density at radius 3 is 2.19 bits per heavy atom. The van der Waals surface area contributed by atoms with Gasteiger partial charge in [-0.3, -0.25) is 13.9 Å². The number of halogens is 2. The zero-order valence-electron chi connectivity index (χ0n) is 20.1. The summed E-state index contributed by atoms with van der Waals surface area (Å²) in [6.07, 6.45) is 0. The van der Waals surface area contributed by atoms with Crippen LogP contribution in [-0.4, -0.2) is 44.8 Å². The number of aryl methyl sites for hydroxylation is 1. The van der Waals surface area contributed by atoms with E-state index in [-0.39, 0.29) is 17.3 Å². The van der Waals surface area contributed by atoms with Crippen LogP contribution in [0.4, 0.5) is 5.69 Å². The maximum absolute atomic E-state index is 13.7. The van der Waals surface area contributed by atoms with Crippen LogP contribution in [0.1, 0.15) is 18.1 Å². The number of amides is 2. The molecule has 36 heavy (non-hydrogen) atoms. The van der Waals surface area contributed by atoms with Crippen molar-refractivity contribution in [3.63, 3.8) is 0 Å². The Morgan fingerprint density at radius 2 is 1.61 bits per heavy atom. The Morgan fingerprint density at radius 1 is 1.00 bits per heavy atom. The Balaban J connectivity index is 2.03. The van der Waals surface area contributed by atoms with Crippen molar-refractivity contribution < 1.29 is 18.0 Å². The number of likely N-dealkylation sites (N-methyl/N-ethyl adjacent to an activating group) is 1. The van der Waals surface area contributed by atoms with Gasteiger partial charge >= 0.3 is 0 Å². The molecule has 190 valence electrons. The second kappa shape index (κ2) is 11.9. The Kier molecular flexibility index (Phi) is 9.16. The molecule has 0 aliphatic rings. The zero-order valence-corrected chi connectivity index (χ0v) is 23.3. The lowest BCUT2D eigenvalue weighted by molar-refractivity contribution is -0.139. The van der Waals surface area contributed by atoms with Crippen LogP contribution in [0.3, 0.4) is 0 Å². The smallest absolute Gasteiger partial charge is 0.264 e. The number of nitrogens with zero attached hydrogens (tertiary/aromatic N) is 2. The number of nitrogens with one attached hydrogen (secondary N) is 1. The van der Waals surface area contributed by atoms with E-state index in [0.29, 0.717) is 16.3 Å². The summed E-state index contributed by atoms with van der Waals surface area (Å²) in [6, 6.07) is 19.2. The van der Waals surface area contributed by atoms with E-state index in [1.54, 1.807) is 67.6 Å². The van der Waals surface area contributed by atoms with Crippen molar-refractivity contribution in [1.82, 2.24) is 10.2 Å². The molecule has 0 radical (unpaired) electrons. The predicted molar refractivity (Wildman–Crippen MR) is 145 cm³/mol. The van der Waals surface area contributed by atoms with Gasteiger partial charge in [0.25, 0.3) is 10.0 Å². The molecule has 7 nitrogen and oxygen atoms in total. The number of carbonyl (C=O) groups excluding carboxylic acids is 2. The lowest BCUT2D eigenvalue weighted by atomic mass is 10.1. The topological polar surface area (TPSA) is 86.8 Å². The van der Waals surface area contributed by atoms with E-state index in [2.05, 4.69) is 21.2 Å². The summed E-state index contributed by atoms with van der Waals surface area (Å²) >= 11 is 9.68. The summed E-state index contributed by atoms with van der Waals surface area (Å²) < 4.78 is 29.2. The third-order valence-electron chi connectivity index (χ3n) is 5.71. The van der Waals surface area contributed by atoms with Crippen molar-refractivity contribution in [2.24, 2.45) is 0 Å². The highest BCUT2D eigenvalue weighted by Gasteiger charge is 2.32. The number of anilines is 1. The Bertz CT molecular complexity index is 1330. The highest BCUT2D eigenvalue weighted by atomic mass is 79.9. The fourth-order valence-electron chi connectivity index (χ4n) is 3.58. The van der Waals surface area contributed by atoms with Crippen LogP contribution in [0.5, 0.6) is 0 Å². The molecular weight excluding hydrogens is 566 g/mol. The van der Waals surface area contributed by atoms with E-state index in [1.807, 2.05) is 6.92 Å². The van der Waals surface area contributed by atoms with Gasteiger partial charge in [0.05, 0.1) is 10.6 Å². The molecule has 1 N–H and O–H groups in total. The lowest BCUT2D eigenvalue weighted by Gasteiger charge is -2.32. The molecule has 0 aliphatic carbocycles. The average molecular weight is 593 g/mol. The Hall–Kier alpha value is -2.88. The van der Waals surface area contributed by atoms with Gasteiger partial charge in [-0.25, -0.2) is 8.42 Å². The van der Waals surface area contributed by atoms with E-state index in [1.165, 1.54) is 24.1 Å². The molecule has 0 unspecified atom stereocenters. The number of benzene rings is 3. The predicted octanol–water partition coefficient (Wildman–Crippen LogP) is 4.77. The molecule has 3 rings (SSSR count). The maximum Gasteiger partial charge on any atom is 0.264 e. The van der Waals surface area contributed by atoms with Gasteiger partial charge in [0.2, 0.25) is 11.8 Å². The third-order valence-corrected chi connectivity index (χ3v) is 8.40. The van der Waals surface area contributed by atoms with Crippen molar-refractivity contribution in [3.8, 4) is 0 Å². The molecule has 10 heteroatoms. The molecule has 0 aromatic heterocycles. The highest BCUT2D eigenvalue weighted by molar-refractivity contribution is 9.10. The van der Waals surface area contributed by atoms with Crippen molar-refractivity contribution >= 4 is 55.1 Å². The van der Waals surface area contributed by atoms with E-state index in [0.717, 1.165) is 14.3 Å². The number of hydrogen-bond acceptors (Lipinski definition) is 4. The minimum Gasteiger partial charge on any atom is -0.357 e. The fraction of sp³-hybridized carbons (Fsp3) is 0.231. The second-order valence-corrected chi connectivity index (χ2v) is 11.4. The number of rotatable bonds is 9. The van der Waals surface area contributed by atoms with Crippen LogP contribution in [0.25, 0.3) is 0 Å². The molecule has 0 heterocycles. The van der Waals surface area contributed by atoms with Gasteiger partial charge in [0.1, 0.15) is 12.6 Å². The van der Waals surface area contributed by atoms with Gasteiger partial charge in [0.15, 0.2) is 0 Å². The number of hydrogen-bond donors (Lipinski definition) is 1. The maximum atomic E-state index is 13.7. The van der Waals surface area contributed by atoms with Gasteiger partial charge in [-0.05, 0) is 61.9 Å². The van der Waals surface area contributed by atoms with E-state index in [4.69, 9.17) is 11.6 Å². The van der Waals surface area contributed by atoms with E-state index in [9.17, 15) is 18.0 Å². The van der Waals surface area contributed by atoms with Crippen LogP contribution in [0.2, 0.25) is 5.02 Å². The monoisotopic (exact) mass is 591 g/mol. The summed E-state index contributed by atoms with van der Waals surface area (Å²) in [5.74, 6) is -0.934.